The quantitative estimate of drug-likeness (QED) is 0.476. The van der Waals surface area contributed by atoms with E-state index in [9.17, 15) is 9.59 Å². The maximum Gasteiger partial charge on any atom is 0.354 e. The lowest BCUT2D eigenvalue weighted by atomic mass is 9.96. The molecule has 160 valence electrons. The van der Waals surface area contributed by atoms with Crippen molar-refractivity contribution in [2.24, 2.45) is 5.73 Å². The zero-order valence-corrected chi connectivity index (χ0v) is 17.6. The highest BCUT2D eigenvalue weighted by Crippen LogP contribution is 2.37. The van der Waals surface area contributed by atoms with Gasteiger partial charge in [-0.05, 0) is 60.5 Å². The standard InChI is InChI=1S/C25H21N3O4/c1-15-13-17(24(26)29)5-9-20(15)23-21(16-3-7-19(32-2)8-4-16)11-12-28(23)18-6-10-22(25(30)31)27-14-18/h3-14H,1-2H3,(H2,26,29)(H,30,31). The van der Waals surface area contributed by atoms with Crippen molar-refractivity contribution in [3.8, 4) is 33.8 Å². The number of carbonyl (C=O) groups is 2. The molecule has 4 rings (SSSR count). The van der Waals surface area contributed by atoms with Crippen molar-refractivity contribution in [3.63, 3.8) is 0 Å². The number of carbonyl (C=O) groups excluding carboxylic acids is 1. The van der Waals surface area contributed by atoms with Crippen LogP contribution in [-0.2, 0) is 0 Å². The van der Waals surface area contributed by atoms with E-state index in [1.165, 1.54) is 12.3 Å². The first-order valence-electron chi connectivity index (χ1n) is 9.85. The van der Waals surface area contributed by atoms with E-state index in [-0.39, 0.29) is 5.69 Å². The number of nitrogens with two attached hydrogens (primary N) is 1. The number of methoxy groups -OCH3 is 1. The SMILES string of the molecule is COc1ccc(-c2ccn(-c3ccc(C(=O)O)nc3)c2-c2ccc(C(N)=O)cc2C)cc1. The number of ether oxygens (including phenoxy) is 1. The van der Waals surface area contributed by atoms with Gasteiger partial charge in [-0.2, -0.15) is 0 Å². The van der Waals surface area contributed by atoms with Crippen molar-refractivity contribution < 1.29 is 19.4 Å². The molecule has 0 spiro atoms. The number of primary amides is 1. The fraction of sp³-hybridized carbons (Fsp3) is 0.0800. The zero-order valence-electron chi connectivity index (χ0n) is 17.6. The number of pyridine rings is 1. The van der Waals surface area contributed by atoms with Gasteiger partial charge in [0.05, 0.1) is 24.7 Å². The van der Waals surface area contributed by atoms with Crippen molar-refractivity contribution in [1.29, 1.82) is 0 Å². The van der Waals surface area contributed by atoms with Crippen LogP contribution in [0.15, 0.2) is 73.1 Å². The number of aromatic carboxylic acids is 1. The van der Waals surface area contributed by atoms with E-state index >= 15 is 0 Å². The molecule has 0 saturated carbocycles. The smallest absolute Gasteiger partial charge is 0.354 e. The third-order valence-corrected chi connectivity index (χ3v) is 5.30. The minimum Gasteiger partial charge on any atom is -0.497 e. The highest BCUT2D eigenvalue weighted by molar-refractivity contribution is 5.94. The van der Waals surface area contributed by atoms with Crippen LogP contribution >= 0.6 is 0 Å². The summed E-state index contributed by atoms with van der Waals surface area (Å²) in [6.07, 6.45) is 3.44. The van der Waals surface area contributed by atoms with Crippen molar-refractivity contribution >= 4 is 11.9 Å². The predicted octanol–water partition coefficient (Wildman–Crippen LogP) is 4.32. The van der Waals surface area contributed by atoms with Crippen molar-refractivity contribution in [1.82, 2.24) is 9.55 Å². The molecule has 4 aromatic rings. The number of hydrogen-bond acceptors (Lipinski definition) is 4. The zero-order chi connectivity index (χ0) is 22.8. The number of carboxylic acid groups (broad SMARTS) is 1. The molecule has 3 N–H and O–H groups in total. The minimum absolute atomic E-state index is 0.0279. The molecule has 2 aromatic carbocycles. The molecular weight excluding hydrogens is 406 g/mol. The molecule has 0 saturated heterocycles. The first kappa shape index (κ1) is 20.9. The molecule has 2 heterocycles. The topological polar surface area (TPSA) is 107 Å². The van der Waals surface area contributed by atoms with Crippen LogP contribution in [0, 0.1) is 6.92 Å². The van der Waals surface area contributed by atoms with Crippen molar-refractivity contribution in [2.45, 2.75) is 6.92 Å². The Morgan fingerprint density at radius 2 is 1.75 bits per heavy atom. The summed E-state index contributed by atoms with van der Waals surface area (Å²) in [7, 11) is 1.62. The third-order valence-electron chi connectivity index (χ3n) is 5.30. The summed E-state index contributed by atoms with van der Waals surface area (Å²) < 4.78 is 7.22. The molecule has 2 aromatic heterocycles. The van der Waals surface area contributed by atoms with Gasteiger partial charge in [0.2, 0.25) is 5.91 Å². The molecule has 0 bridgehead atoms. The molecule has 0 aliphatic rings. The number of amides is 1. The number of hydrogen-bond donors (Lipinski definition) is 2. The highest BCUT2D eigenvalue weighted by Gasteiger charge is 2.18. The average molecular weight is 427 g/mol. The van der Waals surface area contributed by atoms with Crippen LogP contribution in [0.5, 0.6) is 5.75 Å². The number of rotatable bonds is 6. The maximum absolute atomic E-state index is 11.6. The van der Waals surface area contributed by atoms with Gasteiger partial charge in [0, 0.05) is 22.9 Å². The van der Waals surface area contributed by atoms with Gasteiger partial charge in [0.1, 0.15) is 11.4 Å². The van der Waals surface area contributed by atoms with Gasteiger partial charge in [-0.1, -0.05) is 18.2 Å². The summed E-state index contributed by atoms with van der Waals surface area (Å²) in [5, 5.41) is 9.16. The van der Waals surface area contributed by atoms with E-state index in [2.05, 4.69) is 4.98 Å². The summed E-state index contributed by atoms with van der Waals surface area (Å²) in [4.78, 5) is 26.9. The molecule has 32 heavy (non-hydrogen) atoms. The van der Waals surface area contributed by atoms with Gasteiger partial charge < -0.3 is 20.1 Å². The van der Waals surface area contributed by atoms with E-state index in [0.717, 1.165) is 33.7 Å². The third kappa shape index (κ3) is 3.83. The van der Waals surface area contributed by atoms with Gasteiger partial charge in [0.15, 0.2) is 0 Å². The van der Waals surface area contributed by atoms with E-state index in [1.54, 1.807) is 25.3 Å². The van der Waals surface area contributed by atoms with Crippen LogP contribution in [0.2, 0.25) is 0 Å². The van der Waals surface area contributed by atoms with E-state index in [4.69, 9.17) is 15.6 Å². The average Bonchev–Trinajstić information content (AvgIpc) is 3.23. The van der Waals surface area contributed by atoms with Crippen molar-refractivity contribution in [2.75, 3.05) is 7.11 Å². The van der Waals surface area contributed by atoms with E-state index < -0.39 is 11.9 Å². The molecule has 0 atom stereocenters. The Labute approximate surface area is 184 Å². The Morgan fingerprint density at radius 3 is 2.31 bits per heavy atom. The lowest BCUT2D eigenvalue weighted by Gasteiger charge is -2.15. The van der Waals surface area contributed by atoms with Crippen LogP contribution < -0.4 is 10.5 Å². The summed E-state index contributed by atoms with van der Waals surface area (Å²) >= 11 is 0. The second-order valence-electron chi connectivity index (χ2n) is 7.28. The van der Waals surface area contributed by atoms with Gasteiger partial charge in [-0.3, -0.25) is 4.79 Å². The number of aromatic nitrogens is 2. The van der Waals surface area contributed by atoms with Crippen molar-refractivity contribution in [3.05, 3.63) is 89.9 Å². The molecule has 0 radical (unpaired) electrons. The molecule has 1 amide bonds. The van der Waals surface area contributed by atoms with Gasteiger partial charge in [0.25, 0.3) is 0 Å². The molecule has 0 fully saturated rings. The molecule has 0 aliphatic heterocycles. The summed E-state index contributed by atoms with van der Waals surface area (Å²) in [5.41, 5.74) is 11.2. The fourth-order valence-electron chi connectivity index (χ4n) is 3.66. The van der Waals surface area contributed by atoms with Crippen LogP contribution in [0.25, 0.3) is 28.1 Å². The number of carboxylic acids is 1. The highest BCUT2D eigenvalue weighted by atomic mass is 16.5. The summed E-state index contributed by atoms with van der Waals surface area (Å²) in [6, 6.07) is 18.2. The normalized spacial score (nSPS) is 10.7. The van der Waals surface area contributed by atoms with Crippen LogP contribution in [0.4, 0.5) is 0 Å². The monoisotopic (exact) mass is 427 g/mol. The Bertz CT molecular complexity index is 1310. The second-order valence-corrected chi connectivity index (χ2v) is 7.28. The molecule has 7 nitrogen and oxygen atoms in total. The Kier molecular flexibility index (Phi) is 5.47. The Morgan fingerprint density at radius 1 is 1.00 bits per heavy atom. The lowest BCUT2D eigenvalue weighted by Crippen LogP contribution is -2.11. The number of nitrogens with zero attached hydrogens (tertiary/aromatic N) is 2. The number of aryl methyl sites for hydroxylation is 1. The van der Waals surface area contributed by atoms with E-state index in [0.29, 0.717) is 11.3 Å². The van der Waals surface area contributed by atoms with Crippen LogP contribution in [-0.4, -0.2) is 33.6 Å². The largest absolute Gasteiger partial charge is 0.497 e. The van der Waals surface area contributed by atoms with Gasteiger partial charge >= 0.3 is 5.97 Å². The molecule has 7 heteroatoms. The molecule has 0 unspecified atom stereocenters. The molecule has 0 aliphatic carbocycles. The van der Waals surface area contributed by atoms with Gasteiger partial charge in [-0.15, -0.1) is 0 Å². The maximum atomic E-state index is 11.6. The molecular formula is C25H21N3O4. The lowest BCUT2D eigenvalue weighted by molar-refractivity contribution is 0.0690. The minimum atomic E-state index is -1.08. The van der Waals surface area contributed by atoms with Crippen LogP contribution in [0.1, 0.15) is 26.4 Å². The fourth-order valence-corrected chi connectivity index (χ4v) is 3.66. The predicted molar refractivity (Wildman–Crippen MR) is 121 cm³/mol. The second kappa shape index (κ2) is 8.39. The summed E-state index contributed by atoms with van der Waals surface area (Å²) in [5.74, 6) is -0.815. The Balaban J connectivity index is 1.92. The Hall–Kier alpha value is -4.39. The van der Waals surface area contributed by atoms with Crippen LogP contribution in [0.3, 0.4) is 0 Å². The summed E-state index contributed by atoms with van der Waals surface area (Å²) in [6.45, 7) is 1.92. The number of benzene rings is 2. The van der Waals surface area contributed by atoms with E-state index in [1.807, 2.05) is 54.1 Å². The first-order chi connectivity index (χ1) is 15.4. The van der Waals surface area contributed by atoms with Gasteiger partial charge in [-0.25, -0.2) is 9.78 Å². The first-order valence-corrected chi connectivity index (χ1v) is 9.85.